The van der Waals surface area contributed by atoms with Gasteiger partial charge < -0.3 is 30.2 Å². The average molecular weight is 661 g/mol. The summed E-state index contributed by atoms with van der Waals surface area (Å²) < 4.78 is 11.9. The summed E-state index contributed by atoms with van der Waals surface area (Å²) in [6.07, 6.45) is 2.98. The number of ether oxygens (including phenoxy) is 1. The van der Waals surface area contributed by atoms with E-state index in [0.717, 1.165) is 50.8 Å². The number of amides is 2. The van der Waals surface area contributed by atoms with Gasteiger partial charge in [0.15, 0.2) is 6.61 Å². The summed E-state index contributed by atoms with van der Waals surface area (Å²) in [5, 5.41) is 19.8. The fourth-order valence-corrected chi connectivity index (χ4v) is 5.54. The molecule has 10 heteroatoms. The van der Waals surface area contributed by atoms with Gasteiger partial charge in [0, 0.05) is 66.6 Å². The second-order valence-electron chi connectivity index (χ2n) is 11.5. The van der Waals surface area contributed by atoms with Gasteiger partial charge in [0.25, 0.3) is 5.91 Å². The number of carbonyl (C=O) groups excluding carboxylic acids is 3. The van der Waals surface area contributed by atoms with Crippen LogP contribution in [-0.4, -0.2) is 55.7 Å². The number of phenolic OH excluding ortho intramolecular Hbond substituents is 1. The van der Waals surface area contributed by atoms with E-state index >= 15 is 0 Å². The van der Waals surface area contributed by atoms with E-state index in [1.165, 1.54) is 18.2 Å². The van der Waals surface area contributed by atoms with E-state index in [2.05, 4.69) is 27.0 Å². The quantitative estimate of drug-likeness (QED) is 0.0558. The molecule has 0 fully saturated rings. The average Bonchev–Trinajstić information content (AvgIpc) is 3.09. The topological polar surface area (TPSA) is 142 Å². The number of carbonyl (C=O) groups is 3. The number of phenols is 1. The lowest BCUT2D eigenvalue weighted by atomic mass is 9.89. The van der Waals surface area contributed by atoms with Crippen LogP contribution in [0.5, 0.6) is 5.75 Å². The van der Waals surface area contributed by atoms with Gasteiger partial charge in [-0.25, -0.2) is 4.79 Å². The Kier molecular flexibility index (Phi) is 11.1. The summed E-state index contributed by atoms with van der Waals surface area (Å²) >= 11 is 0. The lowest BCUT2D eigenvalue weighted by Gasteiger charge is -2.19. The van der Waals surface area contributed by atoms with Crippen molar-refractivity contribution in [3.8, 4) is 28.2 Å². The van der Waals surface area contributed by atoms with E-state index in [1.807, 2.05) is 58.0 Å². The van der Waals surface area contributed by atoms with Crippen molar-refractivity contribution in [1.82, 2.24) is 10.6 Å². The molecule has 10 nitrogen and oxygen atoms in total. The van der Waals surface area contributed by atoms with Crippen LogP contribution in [0.25, 0.3) is 39.5 Å². The third-order valence-corrected chi connectivity index (χ3v) is 7.90. The van der Waals surface area contributed by atoms with Crippen LogP contribution >= 0.6 is 0 Å². The van der Waals surface area contributed by atoms with Crippen LogP contribution in [0.3, 0.4) is 0 Å². The van der Waals surface area contributed by atoms with Gasteiger partial charge in [0.05, 0.1) is 10.9 Å². The number of benzene rings is 4. The number of nitrogens with zero attached hydrogens (tertiary/aromatic N) is 1. The Hall–Kier alpha value is -5.90. The zero-order valence-corrected chi connectivity index (χ0v) is 28.1. The largest absolute Gasteiger partial charge is 0.508 e. The van der Waals surface area contributed by atoms with Crippen LogP contribution in [0, 0.1) is 13.8 Å². The summed E-state index contributed by atoms with van der Waals surface area (Å²) in [7, 11) is 0. The Morgan fingerprint density at radius 1 is 0.898 bits per heavy atom. The number of fused-ring (bicyclic) bond motifs is 2. The number of hydrogen-bond donors (Lipinski definition) is 4. The fourth-order valence-electron chi connectivity index (χ4n) is 5.54. The number of anilines is 1. The van der Waals surface area contributed by atoms with Gasteiger partial charge in [-0.3, -0.25) is 14.6 Å². The molecule has 0 spiro atoms. The first-order valence-corrected chi connectivity index (χ1v) is 16.2. The Labute approximate surface area is 284 Å². The van der Waals surface area contributed by atoms with Crippen LogP contribution in [0.1, 0.15) is 40.9 Å². The fraction of sp³-hybridized carbons (Fsp3) is 0.231. The molecule has 0 saturated heterocycles. The van der Waals surface area contributed by atoms with Crippen LogP contribution in [0.4, 0.5) is 5.69 Å². The van der Waals surface area contributed by atoms with Crippen molar-refractivity contribution >= 4 is 40.5 Å². The van der Waals surface area contributed by atoms with E-state index in [4.69, 9.17) is 9.15 Å². The van der Waals surface area contributed by atoms with Crippen molar-refractivity contribution in [1.29, 1.82) is 0 Å². The van der Waals surface area contributed by atoms with Crippen LogP contribution in [-0.2, 0) is 14.3 Å². The summed E-state index contributed by atoms with van der Waals surface area (Å²) in [6.45, 7) is 9.28. The number of rotatable bonds is 12. The predicted octanol–water partition coefficient (Wildman–Crippen LogP) is 5.98. The van der Waals surface area contributed by atoms with Gasteiger partial charge in [-0.1, -0.05) is 30.3 Å². The van der Waals surface area contributed by atoms with Crippen molar-refractivity contribution in [3.63, 3.8) is 0 Å². The molecule has 252 valence electrons. The monoisotopic (exact) mass is 660 g/mol. The van der Waals surface area contributed by atoms with E-state index in [1.54, 1.807) is 30.3 Å². The van der Waals surface area contributed by atoms with Crippen molar-refractivity contribution in [3.05, 3.63) is 106 Å². The Morgan fingerprint density at radius 3 is 2.41 bits per heavy atom. The van der Waals surface area contributed by atoms with Crippen LogP contribution < -0.4 is 21.3 Å². The zero-order valence-electron chi connectivity index (χ0n) is 28.1. The van der Waals surface area contributed by atoms with Gasteiger partial charge in [0.2, 0.25) is 5.91 Å². The van der Waals surface area contributed by atoms with Gasteiger partial charge >= 0.3 is 5.97 Å². The van der Waals surface area contributed by atoms with Crippen molar-refractivity contribution < 1.29 is 28.6 Å². The second kappa shape index (κ2) is 15.8. The molecular weight excluding hydrogens is 620 g/mol. The first-order valence-electron chi connectivity index (χ1n) is 16.2. The van der Waals surface area contributed by atoms with Gasteiger partial charge in [0.1, 0.15) is 17.1 Å². The molecule has 0 saturated carbocycles. The molecule has 0 atom stereocenters. The summed E-state index contributed by atoms with van der Waals surface area (Å²) in [6, 6.07) is 21.6. The molecule has 1 heterocycles. The molecule has 0 aromatic heterocycles. The highest BCUT2D eigenvalue weighted by Gasteiger charge is 2.24. The maximum atomic E-state index is 13.5. The maximum absolute atomic E-state index is 13.5. The highest BCUT2D eigenvalue weighted by atomic mass is 16.5. The Morgan fingerprint density at radius 2 is 1.65 bits per heavy atom. The van der Waals surface area contributed by atoms with Gasteiger partial charge in [-0.2, -0.15) is 0 Å². The van der Waals surface area contributed by atoms with Crippen molar-refractivity contribution in [2.75, 3.05) is 38.1 Å². The molecule has 1 aliphatic carbocycles. The second-order valence-corrected chi connectivity index (χ2v) is 11.5. The third-order valence-electron chi connectivity index (χ3n) is 7.90. The molecule has 0 radical (unpaired) electrons. The molecule has 3 aromatic carbocycles. The number of nitrogens with one attached hydrogen (secondary N) is 3. The Bertz CT molecular complexity index is 2060. The molecule has 2 amide bonds. The Balaban J connectivity index is 1.33. The van der Waals surface area contributed by atoms with E-state index in [0.29, 0.717) is 29.0 Å². The predicted molar refractivity (Wildman–Crippen MR) is 191 cm³/mol. The third kappa shape index (κ3) is 8.34. The molecular formula is C39H40N4O6. The normalized spacial score (nSPS) is 11.6. The van der Waals surface area contributed by atoms with E-state index < -0.39 is 18.5 Å². The standard InChI is InChI=1S/C39H40N4O6/c1-5-40-32-21-34-30(19-24(32)3)38(31-20-25(4)33(41-6-2)22-35(31)49-34)28-9-7-8-10-29(28)39(47)48-23-37(46)43-18-17-42-36(45)16-13-26-11-14-27(44)15-12-26/h7-16,19-22,40,44H,5-6,17-18,23H2,1-4H3,(H,42,45)(H,43,46)/b16-13+,41-33+. The number of esters is 1. The molecule has 4 N–H and O–H groups in total. The first kappa shape index (κ1) is 34.4. The highest BCUT2D eigenvalue weighted by molar-refractivity contribution is 6.08. The lowest BCUT2D eigenvalue weighted by molar-refractivity contribution is -0.124. The van der Waals surface area contributed by atoms with Crippen molar-refractivity contribution in [2.45, 2.75) is 27.7 Å². The summed E-state index contributed by atoms with van der Waals surface area (Å²) in [5.41, 5.74) is 6.98. The number of hydrogen-bond acceptors (Lipinski definition) is 8. The molecule has 3 aromatic rings. The number of aromatic hydroxyl groups is 1. The minimum Gasteiger partial charge on any atom is -0.508 e. The molecule has 2 aliphatic rings. The smallest absolute Gasteiger partial charge is 0.339 e. The summed E-state index contributed by atoms with van der Waals surface area (Å²) in [4.78, 5) is 42.8. The van der Waals surface area contributed by atoms with E-state index in [-0.39, 0.29) is 24.7 Å². The number of aryl methyl sites for hydroxylation is 2. The lowest BCUT2D eigenvalue weighted by Crippen LogP contribution is -2.36. The van der Waals surface area contributed by atoms with Crippen LogP contribution in [0.2, 0.25) is 0 Å². The molecule has 5 rings (SSSR count). The minimum absolute atomic E-state index is 0.142. The van der Waals surface area contributed by atoms with Crippen LogP contribution in [0.15, 0.2) is 88.3 Å². The zero-order chi connectivity index (χ0) is 34.9. The maximum Gasteiger partial charge on any atom is 0.339 e. The van der Waals surface area contributed by atoms with Gasteiger partial charge in [-0.05, 0) is 86.4 Å². The first-order chi connectivity index (χ1) is 23.7. The van der Waals surface area contributed by atoms with Gasteiger partial charge in [-0.15, -0.1) is 0 Å². The molecule has 0 unspecified atom stereocenters. The summed E-state index contributed by atoms with van der Waals surface area (Å²) in [5.74, 6) is -0.696. The molecule has 1 aliphatic heterocycles. The molecule has 49 heavy (non-hydrogen) atoms. The SMILES string of the molecule is CC/N=c1\cc2oc3cc(NCC)c(C)cc3c(-c3ccccc3C(=O)OCC(=O)NCCNC(=O)/C=C/c3ccc(O)cc3)c-2cc1C. The highest BCUT2D eigenvalue weighted by Crippen LogP contribution is 2.43. The van der Waals surface area contributed by atoms with E-state index in [9.17, 15) is 19.5 Å². The van der Waals surface area contributed by atoms with Crippen molar-refractivity contribution in [2.24, 2.45) is 4.99 Å². The molecule has 0 bridgehead atoms. The minimum atomic E-state index is -0.643.